The van der Waals surface area contributed by atoms with E-state index in [-0.39, 0.29) is 0 Å². The minimum atomic E-state index is 1.20. The molecule has 0 unspecified atom stereocenters. The van der Waals surface area contributed by atoms with Gasteiger partial charge in [-0.1, -0.05) is 57.9 Å². The highest BCUT2D eigenvalue weighted by Crippen LogP contribution is 2.09. The molecule has 0 rings (SSSR count). The molecule has 0 bridgehead atoms. The highest BCUT2D eigenvalue weighted by atomic mass is 14.0. The third-order valence-electron chi connectivity index (χ3n) is 2.26. The maximum Gasteiger partial charge on any atom is -0.0353 e. The van der Waals surface area contributed by atoms with Crippen LogP contribution in [0.15, 0.2) is 52.1 Å². The Kier molecular flexibility index (Phi) is 63.6. The summed E-state index contributed by atoms with van der Waals surface area (Å²) in [6, 6.07) is 0. The second-order valence-electron chi connectivity index (χ2n) is 3.55. The monoisotopic (exact) mass is 252 g/mol. The SMILES string of the molecule is C=C.C=C.C=C.C=CCCCCCCCCCC. The maximum atomic E-state index is 3.72. The van der Waals surface area contributed by atoms with Gasteiger partial charge in [0.25, 0.3) is 0 Å². The standard InChI is InChI=1S/C12H24.3C2H4/c1-3-5-7-9-11-12-10-8-6-4-2;3*1-2/h3H,1,4-12H2,2H3;3*1-2H2. The Morgan fingerprint density at radius 1 is 0.611 bits per heavy atom. The third kappa shape index (κ3) is 46.0. The lowest BCUT2D eigenvalue weighted by molar-refractivity contribution is 0.578. The van der Waals surface area contributed by atoms with E-state index < -0.39 is 0 Å². The van der Waals surface area contributed by atoms with Crippen LogP contribution in [0.2, 0.25) is 0 Å². The normalized spacial score (nSPS) is 7.39. The van der Waals surface area contributed by atoms with Gasteiger partial charge >= 0.3 is 0 Å². The second kappa shape index (κ2) is 44.5. The number of hydrogen-bond acceptors (Lipinski definition) is 0. The van der Waals surface area contributed by atoms with E-state index in [9.17, 15) is 0 Å². The number of hydrogen-bond donors (Lipinski definition) is 0. The largest absolute Gasteiger partial charge is 0.106 e. The Morgan fingerprint density at radius 2 is 0.944 bits per heavy atom. The second-order valence-corrected chi connectivity index (χ2v) is 3.55. The first-order valence-electron chi connectivity index (χ1n) is 7.02. The lowest BCUT2D eigenvalue weighted by atomic mass is 10.1. The van der Waals surface area contributed by atoms with Crippen molar-refractivity contribution >= 4 is 0 Å². The van der Waals surface area contributed by atoms with Crippen molar-refractivity contribution in [2.45, 2.75) is 64.7 Å². The first-order valence-corrected chi connectivity index (χ1v) is 7.02. The molecule has 0 aliphatic heterocycles. The van der Waals surface area contributed by atoms with Crippen LogP contribution in [0, 0.1) is 0 Å². The summed E-state index contributed by atoms with van der Waals surface area (Å²) in [4.78, 5) is 0. The molecule has 0 aliphatic rings. The summed E-state index contributed by atoms with van der Waals surface area (Å²) in [5.41, 5.74) is 0. The maximum absolute atomic E-state index is 3.72. The minimum absolute atomic E-state index is 1.20. The fraction of sp³-hybridized carbons (Fsp3) is 0.556. The Morgan fingerprint density at radius 3 is 1.28 bits per heavy atom. The van der Waals surface area contributed by atoms with Crippen LogP contribution in [0.1, 0.15) is 64.7 Å². The van der Waals surface area contributed by atoms with Gasteiger partial charge < -0.3 is 0 Å². The summed E-state index contributed by atoms with van der Waals surface area (Å²) in [5, 5.41) is 0. The molecule has 0 aromatic carbocycles. The molecular weight excluding hydrogens is 216 g/mol. The van der Waals surface area contributed by atoms with Gasteiger partial charge in [-0.25, -0.2) is 0 Å². The molecule has 0 heteroatoms. The average molecular weight is 252 g/mol. The van der Waals surface area contributed by atoms with E-state index >= 15 is 0 Å². The van der Waals surface area contributed by atoms with E-state index in [2.05, 4.69) is 53.0 Å². The van der Waals surface area contributed by atoms with Crippen LogP contribution in [0.25, 0.3) is 0 Å². The van der Waals surface area contributed by atoms with Gasteiger partial charge in [-0.3, -0.25) is 0 Å². The summed E-state index contributed by atoms with van der Waals surface area (Å²) >= 11 is 0. The van der Waals surface area contributed by atoms with Crippen molar-refractivity contribution in [3.05, 3.63) is 52.1 Å². The first-order chi connectivity index (χ1) is 8.91. The molecule has 0 spiro atoms. The van der Waals surface area contributed by atoms with Crippen molar-refractivity contribution in [3.8, 4) is 0 Å². The lowest BCUT2D eigenvalue weighted by Crippen LogP contribution is -1.79. The van der Waals surface area contributed by atoms with Crippen LogP contribution in [0.4, 0.5) is 0 Å². The number of unbranched alkanes of at least 4 members (excludes halogenated alkanes) is 8. The van der Waals surface area contributed by atoms with Crippen LogP contribution in [-0.2, 0) is 0 Å². The third-order valence-corrected chi connectivity index (χ3v) is 2.26. The van der Waals surface area contributed by atoms with Crippen LogP contribution in [0.5, 0.6) is 0 Å². The van der Waals surface area contributed by atoms with E-state index in [0.717, 1.165) is 0 Å². The van der Waals surface area contributed by atoms with E-state index in [1.165, 1.54) is 57.8 Å². The molecule has 108 valence electrons. The molecule has 18 heavy (non-hydrogen) atoms. The molecule has 0 radical (unpaired) electrons. The fourth-order valence-electron chi connectivity index (χ4n) is 1.42. The van der Waals surface area contributed by atoms with Crippen LogP contribution < -0.4 is 0 Å². The molecule has 0 nitrogen and oxygen atoms in total. The molecule has 0 saturated carbocycles. The number of rotatable bonds is 9. The summed E-state index contributed by atoms with van der Waals surface area (Å²) < 4.78 is 0. The molecule has 0 aromatic rings. The molecule has 0 N–H and O–H groups in total. The topological polar surface area (TPSA) is 0 Å². The van der Waals surface area contributed by atoms with E-state index in [4.69, 9.17) is 0 Å². The molecule has 0 fully saturated rings. The Hall–Kier alpha value is -1.04. The number of allylic oxidation sites excluding steroid dienone is 1. The van der Waals surface area contributed by atoms with Crippen molar-refractivity contribution < 1.29 is 0 Å². The molecule has 0 aliphatic carbocycles. The fourth-order valence-corrected chi connectivity index (χ4v) is 1.42. The molecule has 0 amide bonds. The zero-order valence-corrected chi connectivity index (χ0v) is 12.9. The predicted octanol–water partition coefficient (Wildman–Crippen LogP) is 7.11. The highest BCUT2D eigenvalue weighted by molar-refractivity contribution is 4.65. The van der Waals surface area contributed by atoms with Crippen molar-refractivity contribution in [3.63, 3.8) is 0 Å². The van der Waals surface area contributed by atoms with Crippen molar-refractivity contribution in [2.24, 2.45) is 0 Å². The predicted molar refractivity (Wildman–Crippen MR) is 91.2 cm³/mol. The van der Waals surface area contributed by atoms with Crippen molar-refractivity contribution in [1.29, 1.82) is 0 Å². The molecule has 0 aromatic heterocycles. The van der Waals surface area contributed by atoms with Gasteiger partial charge in [0.05, 0.1) is 0 Å². The zero-order chi connectivity index (χ0) is 15.1. The Labute approximate surface area is 117 Å². The van der Waals surface area contributed by atoms with Gasteiger partial charge in [-0.15, -0.1) is 46.1 Å². The lowest BCUT2D eigenvalue weighted by Gasteiger charge is -1.99. The van der Waals surface area contributed by atoms with Crippen LogP contribution in [-0.4, -0.2) is 0 Å². The highest BCUT2D eigenvalue weighted by Gasteiger charge is 1.89. The van der Waals surface area contributed by atoms with Crippen LogP contribution in [0.3, 0.4) is 0 Å². The summed E-state index contributed by atoms with van der Waals surface area (Å²) in [5.74, 6) is 0. The Balaban J connectivity index is -0.000000141. The zero-order valence-electron chi connectivity index (χ0n) is 12.9. The summed E-state index contributed by atoms with van der Waals surface area (Å²) in [7, 11) is 0. The first kappa shape index (κ1) is 25.7. The van der Waals surface area contributed by atoms with Crippen LogP contribution >= 0.6 is 0 Å². The van der Waals surface area contributed by atoms with E-state index in [0.29, 0.717) is 0 Å². The summed E-state index contributed by atoms with van der Waals surface area (Å²) in [6.07, 6.45) is 14.5. The smallest absolute Gasteiger partial charge is 0.0353 e. The van der Waals surface area contributed by atoms with Crippen molar-refractivity contribution in [1.82, 2.24) is 0 Å². The quantitative estimate of drug-likeness (QED) is 0.303. The van der Waals surface area contributed by atoms with Gasteiger partial charge in [0.2, 0.25) is 0 Å². The molecular formula is C18H36. The van der Waals surface area contributed by atoms with Gasteiger partial charge in [0.1, 0.15) is 0 Å². The van der Waals surface area contributed by atoms with Gasteiger partial charge in [-0.05, 0) is 12.8 Å². The van der Waals surface area contributed by atoms with Crippen molar-refractivity contribution in [2.75, 3.05) is 0 Å². The van der Waals surface area contributed by atoms with E-state index in [1.807, 2.05) is 6.08 Å². The average Bonchev–Trinajstić information content (AvgIpc) is 2.48. The summed E-state index contributed by atoms with van der Waals surface area (Å²) in [6.45, 7) is 24.0. The van der Waals surface area contributed by atoms with Gasteiger partial charge in [-0.2, -0.15) is 0 Å². The van der Waals surface area contributed by atoms with Gasteiger partial charge in [0, 0.05) is 0 Å². The van der Waals surface area contributed by atoms with E-state index in [1.54, 1.807) is 0 Å². The molecule has 0 saturated heterocycles. The Bertz CT molecular complexity index is 110. The minimum Gasteiger partial charge on any atom is -0.106 e. The molecule has 0 heterocycles. The van der Waals surface area contributed by atoms with Gasteiger partial charge in [0.15, 0.2) is 0 Å². The molecule has 0 atom stereocenters.